The van der Waals surface area contributed by atoms with Crippen molar-refractivity contribution in [3.05, 3.63) is 35.1 Å². The number of carbonyl (C=O) groups is 1. The summed E-state index contributed by atoms with van der Waals surface area (Å²) in [6, 6.07) is 4.73. The molecule has 0 aliphatic rings. The largest absolute Gasteiger partial charge is 0.298 e. The fraction of sp³-hybridized carbons (Fsp3) is 0.300. The Hall–Kier alpha value is -0.700. The van der Waals surface area contributed by atoms with Gasteiger partial charge in [-0.05, 0) is 30.5 Å². The second-order valence-corrected chi connectivity index (χ2v) is 3.56. The molecule has 0 saturated carbocycles. The van der Waals surface area contributed by atoms with Gasteiger partial charge in [0.05, 0.1) is 5.56 Å². The minimum absolute atomic E-state index is 0.127. The van der Waals surface area contributed by atoms with Crippen LogP contribution in [-0.2, 0) is 6.42 Å². The molecule has 0 aliphatic heterocycles. The zero-order valence-corrected chi connectivity index (χ0v) is 8.68. The molecule has 0 radical (unpaired) electrons. The molecule has 1 rings (SSSR count). The molecule has 0 spiro atoms. The second kappa shape index (κ2) is 5.12. The van der Waals surface area contributed by atoms with Gasteiger partial charge in [-0.2, -0.15) is 0 Å². The second-order valence-electron chi connectivity index (χ2n) is 2.77. The molecular formula is C10H10BrFO. The Balaban J connectivity index is 2.77. The molecule has 3 heteroatoms. The monoisotopic (exact) mass is 244 g/mol. The number of hydrogen-bond acceptors (Lipinski definition) is 1. The summed E-state index contributed by atoms with van der Waals surface area (Å²) in [7, 11) is 0. The summed E-state index contributed by atoms with van der Waals surface area (Å²) in [6.45, 7) is 0. The van der Waals surface area contributed by atoms with E-state index in [-0.39, 0.29) is 5.56 Å². The van der Waals surface area contributed by atoms with Gasteiger partial charge in [-0.3, -0.25) is 4.79 Å². The topological polar surface area (TPSA) is 17.1 Å². The number of rotatable bonds is 4. The highest BCUT2D eigenvalue weighted by Gasteiger charge is 2.01. The number of halogens is 2. The lowest BCUT2D eigenvalue weighted by atomic mass is 10.1. The Kier molecular flexibility index (Phi) is 4.09. The van der Waals surface area contributed by atoms with Gasteiger partial charge < -0.3 is 0 Å². The van der Waals surface area contributed by atoms with E-state index in [1.54, 1.807) is 6.07 Å². The average Bonchev–Trinajstić information content (AvgIpc) is 2.15. The van der Waals surface area contributed by atoms with Crippen molar-refractivity contribution in [2.75, 3.05) is 5.33 Å². The van der Waals surface area contributed by atoms with Crippen molar-refractivity contribution in [2.24, 2.45) is 0 Å². The number of hydrogen-bond donors (Lipinski definition) is 0. The van der Waals surface area contributed by atoms with E-state index in [1.165, 1.54) is 12.1 Å². The van der Waals surface area contributed by atoms with Gasteiger partial charge >= 0.3 is 0 Å². The third-order valence-electron chi connectivity index (χ3n) is 1.79. The zero-order valence-electron chi connectivity index (χ0n) is 7.09. The van der Waals surface area contributed by atoms with Crippen molar-refractivity contribution in [1.82, 2.24) is 0 Å². The first-order chi connectivity index (χ1) is 6.27. The molecule has 0 fully saturated rings. The number of aryl methyl sites for hydroxylation is 1. The molecule has 0 bridgehead atoms. The van der Waals surface area contributed by atoms with E-state index in [0.717, 1.165) is 23.7 Å². The third-order valence-corrected chi connectivity index (χ3v) is 2.35. The first kappa shape index (κ1) is 10.4. The van der Waals surface area contributed by atoms with Crippen LogP contribution in [0.1, 0.15) is 22.3 Å². The third kappa shape index (κ3) is 2.92. The molecule has 0 N–H and O–H groups in total. The van der Waals surface area contributed by atoms with E-state index in [4.69, 9.17) is 0 Å². The van der Waals surface area contributed by atoms with Crippen LogP contribution in [0.2, 0.25) is 0 Å². The minimum atomic E-state index is -0.429. The Morgan fingerprint density at radius 1 is 1.46 bits per heavy atom. The predicted octanol–water partition coefficient (Wildman–Crippen LogP) is 2.97. The molecule has 0 heterocycles. The summed E-state index contributed by atoms with van der Waals surface area (Å²) in [6.07, 6.45) is 2.34. The average molecular weight is 245 g/mol. The van der Waals surface area contributed by atoms with Gasteiger partial charge in [-0.1, -0.05) is 22.0 Å². The van der Waals surface area contributed by atoms with Gasteiger partial charge in [0.2, 0.25) is 0 Å². The van der Waals surface area contributed by atoms with Crippen molar-refractivity contribution in [1.29, 1.82) is 0 Å². The molecule has 0 saturated heterocycles. The maximum atomic E-state index is 13.0. The highest BCUT2D eigenvalue weighted by molar-refractivity contribution is 9.09. The van der Waals surface area contributed by atoms with Gasteiger partial charge in [0.1, 0.15) is 5.82 Å². The number of carbonyl (C=O) groups excluding carboxylic acids is 1. The molecule has 0 unspecified atom stereocenters. The van der Waals surface area contributed by atoms with Crippen LogP contribution in [-0.4, -0.2) is 11.6 Å². The molecule has 1 aromatic carbocycles. The summed E-state index contributed by atoms with van der Waals surface area (Å²) in [5.74, 6) is -0.429. The standard InChI is InChI=1S/C10H10BrFO/c11-5-1-2-8-3-4-9(7-13)10(12)6-8/h3-4,6-7H,1-2,5H2. The molecule has 0 atom stereocenters. The fourth-order valence-electron chi connectivity index (χ4n) is 1.09. The van der Waals surface area contributed by atoms with E-state index >= 15 is 0 Å². The number of alkyl halides is 1. The molecule has 0 amide bonds. The van der Waals surface area contributed by atoms with Crippen LogP contribution in [0.4, 0.5) is 4.39 Å². The van der Waals surface area contributed by atoms with Gasteiger partial charge in [-0.25, -0.2) is 4.39 Å². The van der Waals surface area contributed by atoms with Crippen LogP contribution < -0.4 is 0 Å². The Labute approximate surface area is 85.1 Å². The van der Waals surface area contributed by atoms with Crippen molar-refractivity contribution in [3.8, 4) is 0 Å². The van der Waals surface area contributed by atoms with Crippen molar-refractivity contribution in [3.63, 3.8) is 0 Å². The molecule has 13 heavy (non-hydrogen) atoms. The van der Waals surface area contributed by atoms with Gasteiger partial charge in [0.15, 0.2) is 6.29 Å². The van der Waals surface area contributed by atoms with E-state index in [0.29, 0.717) is 6.29 Å². The fourth-order valence-corrected chi connectivity index (χ4v) is 1.37. The van der Waals surface area contributed by atoms with Crippen LogP contribution in [0, 0.1) is 5.82 Å². The quantitative estimate of drug-likeness (QED) is 0.588. The smallest absolute Gasteiger partial charge is 0.152 e. The minimum Gasteiger partial charge on any atom is -0.298 e. The van der Waals surface area contributed by atoms with Crippen LogP contribution in [0.25, 0.3) is 0 Å². The summed E-state index contributed by atoms with van der Waals surface area (Å²) in [5.41, 5.74) is 1.06. The molecule has 0 aromatic heterocycles. The summed E-state index contributed by atoms with van der Waals surface area (Å²) >= 11 is 3.30. The van der Waals surface area contributed by atoms with E-state index in [2.05, 4.69) is 15.9 Å². The number of aldehydes is 1. The molecule has 70 valence electrons. The highest BCUT2D eigenvalue weighted by Crippen LogP contribution is 2.10. The van der Waals surface area contributed by atoms with Crippen LogP contribution >= 0.6 is 15.9 Å². The first-order valence-corrected chi connectivity index (χ1v) is 5.19. The first-order valence-electron chi connectivity index (χ1n) is 4.07. The van der Waals surface area contributed by atoms with Crippen LogP contribution in [0.5, 0.6) is 0 Å². The van der Waals surface area contributed by atoms with Crippen molar-refractivity contribution >= 4 is 22.2 Å². The SMILES string of the molecule is O=Cc1ccc(CCCBr)cc1F. The van der Waals surface area contributed by atoms with Crippen molar-refractivity contribution in [2.45, 2.75) is 12.8 Å². The van der Waals surface area contributed by atoms with Crippen molar-refractivity contribution < 1.29 is 9.18 Å². The highest BCUT2D eigenvalue weighted by atomic mass is 79.9. The van der Waals surface area contributed by atoms with Crippen LogP contribution in [0.3, 0.4) is 0 Å². The predicted molar refractivity (Wildman–Crippen MR) is 53.9 cm³/mol. The lowest BCUT2D eigenvalue weighted by molar-refractivity contribution is 0.112. The van der Waals surface area contributed by atoms with E-state index < -0.39 is 5.82 Å². The maximum Gasteiger partial charge on any atom is 0.152 e. The molecule has 1 nitrogen and oxygen atoms in total. The lowest BCUT2D eigenvalue weighted by Gasteiger charge is -2.00. The Morgan fingerprint density at radius 3 is 2.77 bits per heavy atom. The Morgan fingerprint density at radius 2 is 2.23 bits per heavy atom. The molecular weight excluding hydrogens is 235 g/mol. The maximum absolute atomic E-state index is 13.0. The van der Waals surface area contributed by atoms with Crippen LogP contribution in [0.15, 0.2) is 18.2 Å². The normalized spacial score (nSPS) is 10.0. The van der Waals surface area contributed by atoms with E-state index in [1.807, 2.05) is 0 Å². The Bertz CT molecular complexity index is 299. The van der Waals surface area contributed by atoms with Gasteiger partial charge in [0.25, 0.3) is 0 Å². The zero-order chi connectivity index (χ0) is 9.68. The summed E-state index contributed by atoms with van der Waals surface area (Å²) in [5, 5.41) is 0.907. The lowest BCUT2D eigenvalue weighted by Crippen LogP contribution is -1.92. The molecule has 0 aliphatic carbocycles. The van der Waals surface area contributed by atoms with Gasteiger partial charge in [0, 0.05) is 5.33 Å². The number of benzene rings is 1. The molecule has 1 aromatic rings. The summed E-state index contributed by atoms with van der Waals surface area (Å²) in [4.78, 5) is 10.3. The van der Waals surface area contributed by atoms with Gasteiger partial charge in [-0.15, -0.1) is 0 Å². The van der Waals surface area contributed by atoms with E-state index in [9.17, 15) is 9.18 Å². The summed E-state index contributed by atoms with van der Waals surface area (Å²) < 4.78 is 13.0.